The van der Waals surface area contributed by atoms with Gasteiger partial charge >= 0.3 is 0 Å². The van der Waals surface area contributed by atoms with E-state index in [0.29, 0.717) is 33.0 Å². The predicted molar refractivity (Wildman–Crippen MR) is 128 cm³/mol. The van der Waals surface area contributed by atoms with E-state index in [-0.39, 0.29) is 12.5 Å². The van der Waals surface area contributed by atoms with Crippen molar-refractivity contribution in [1.82, 2.24) is 15.0 Å². The summed E-state index contributed by atoms with van der Waals surface area (Å²) in [5, 5.41) is 4.93. The minimum absolute atomic E-state index is 0.240. The Morgan fingerprint density at radius 3 is 2.75 bits per heavy atom. The molecule has 0 atom stereocenters. The lowest BCUT2D eigenvalue weighted by Gasteiger charge is -2.05. The number of hydrogen-bond acceptors (Lipinski definition) is 8. The Morgan fingerprint density at radius 2 is 2.00 bits per heavy atom. The Kier molecular flexibility index (Phi) is 6.71. The minimum atomic E-state index is -0.240. The fourth-order valence-corrected chi connectivity index (χ4v) is 5.44. The molecule has 4 rings (SSSR count). The van der Waals surface area contributed by atoms with Crippen molar-refractivity contribution in [3.05, 3.63) is 61.7 Å². The number of nitrogens with zero attached hydrogens (tertiary/aromatic N) is 3. The molecule has 1 N–H and O–H groups in total. The number of carbonyl (C=O) groups excluding carboxylic acids is 1. The number of thiazole rings is 1. The highest BCUT2D eigenvalue weighted by molar-refractivity contribution is 7.21. The highest BCUT2D eigenvalue weighted by Crippen LogP contribution is 2.36. The molecule has 32 heavy (non-hydrogen) atoms. The van der Waals surface area contributed by atoms with Crippen LogP contribution in [0, 0.1) is 13.8 Å². The van der Waals surface area contributed by atoms with Crippen LogP contribution in [0.3, 0.4) is 0 Å². The molecule has 0 radical (unpaired) electrons. The Hall–Kier alpha value is -2.59. The third-order valence-electron chi connectivity index (χ3n) is 4.89. The van der Waals surface area contributed by atoms with Crippen LogP contribution >= 0.6 is 34.3 Å². The number of halogens is 1. The van der Waals surface area contributed by atoms with Crippen molar-refractivity contribution >= 4 is 55.5 Å². The molecule has 0 aliphatic heterocycles. The van der Waals surface area contributed by atoms with E-state index in [4.69, 9.17) is 21.1 Å². The smallest absolute Gasteiger partial charge is 0.267 e. The van der Waals surface area contributed by atoms with E-state index in [1.807, 2.05) is 32.0 Å². The average molecular weight is 489 g/mol. The van der Waals surface area contributed by atoms with Gasteiger partial charge in [0.1, 0.15) is 11.4 Å². The molecule has 0 saturated heterocycles. The fraction of sp³-hybridized carbons (Fsp3) is 0.273. The van der Waals surface area contributed by atoms with E-state index in [9.17, 15) is 4.79 Å². The molecule has 3 aromatic heterocycles. The van der Waals surface area contributed by atoms with E-state index in [1.54, 1.807) is 20.4 Å². The molecule has 4 aromatic rings. The topological polar surface area (TPSA) is 86.2 Å². The number of thiophene rings is 1. The van der Waals surface area contributed by atoms with Gasteiger partial charge in [0, 0.05) is 29.6 Å². The summed E-state index contributed by atoms with van der Waals surface area (Å²) in [5.74, 6) is 0.696. The normalized spacial score (nSPS) is 11.2. The minimum Gasteiger partial charge on any atom is -0.480 e. The summed E-state index contributed by atoms with van der Waals surface area (Å²) >= 11 is 9.14. The second kappa shape index (κ2) is 9.50. The van der Waals surface area contributed by atoms with Crippen molar-refractivity contribution in [2.75, 3.05) is 19.5 Å². The number of hydrogen-bond donors (Lipinski definition) is 1. The largest absolute Gasteiger partial charge is 0.480 e. The summed E-state index contributed by atoms with van der Waals surface area (Å²) in [4.78, 5) is 28.5. The van der Waals surface area contributed by atoms with E-state index >= 15 is 0 Å². The Balaban J connectivity index is 1.57. The van der Waals surface area contributed by atoms with Gasteiger partial charge in [0.05, 0.1) is 17.4 Å². The molecule has 10 heteroatoms. The monoisotopic (exact) mass is 488 g/mol. The lowest BCUT2D eigenvalue weighted by molar-refractivity contribution is 0.103. The van der Waals surface area contributed by atoms with Crippen LogP contribution in [0.5, 0.6) is 5.88 Å². The molecule has 3 heterocycles. The van der Waals surface area contributed by atoms with Gasteiger partial charge < -0.3 is 9.47 Å². The quantitative estimate of drug-likeness (QED) is 0.374. The summed E-state index contributed by atoms with van der Waals surface area (Å²) in [7, 11) is 3.13. The molecular formula is C22H21ClN4O3S2. The molecule has 0 spiro atoms. The van der Waals surface area contributed by atoms with Crippen LogP contribution in [-0.4, -0.2) is 35.1 Å². The summed E-state index contributed by atoms with van der Waals surface area (Å²) in [6.07, 6.45) is 2.42. The Labute approximate surface area is 198 Å². The molecule has 7 nitrogen and oxygen atoms in total. The number of anilines is 1. The zero-order chi connectivity index (χ0) is 22.8. The van der Waals surface area contributed by atoms with Gasteiger partial charge in [-0.1, -0.05) is 29.8 Å². The van der Waals surface area contributed by atoms with Gasteiger partial charge in [-0.3, -0.25) is 10.1 Å². The molecule has 0 saturated carbocycles. The average Bonchev–Trinajstić information content (AvgIpc) is 3.35. The highest BCUT2D eigenvalue weighted by atomic mass is 35.5. The third kappa shape index (κ3) is 4.47. The van der Waals surface area contributed by atoms with Gasteiger partial charge in [-0.15, -0.1) is 22.7 Å². The zero-order valence-corrected chi connectivity index (χ0v) is 20.4. The SMILES string of the molecule is COCc1nc(OC)c2c(C)c(C(=O)Nc3ncc(Cc4cccc(C)c4Cl)s3)sc2n1. The van der Waals surface area contributed by atoms with Crippen molar-refractivity contribution in [1.29, 1.82) is 0 Å². The third-order valence-corrected chi connectivity index (χ3v) is 7.52. The number of fused-ring (bicyclic) bond motifs is 1. The van der Waals surface area contributed by atoms with Gasteiger partial charge in [-0.25, -0.2) is 9.97 Å². The summed E-state index contributed by atoms with van der Waals surface area (Å²) < 4.78 is 10.6. The second-order valence-electron chi connectivity index (χ2n) is 7.13. The van der Waals surface area contributed by atoms with Crippen molar-refractivity contribution in [2.45, 2.75) is 26.9 Å². The number of methoxy groups -OCH3 is 2. The van der Waals surface area contributed by atoms with Crippen molar-refractivity contribution in [2.24, 2.45) is 0 Å². The fourth-order valence-electron chi connectivity index (χ4n) is 3.34. The lowest BCUT2D eigenvalue weighted by Crippen LogP contribution is -2.11. The van der Waals surface area contributed by atoms with E-state index in [0.717, 1.165) is 32.0 Å². The number of nitrogens with one attached hydrogen (secondary N) is 1. The summed E-state index contributed by atoms with van der Waals surface area (Å²) in [6, 6.07) is 5.97. The lowest BCUT2D eigenvalue weighted by atomic mass is 10.1. The van der Waals surface area contributed by atoms with Crippen LogP contribution in [0.25, 0.3) is 10.2 Å². The number of rotatable bonds is 7. The first-order valence-electron chi connectivity index (χ1n) is 9.74. The van der Waals surface area contributed by atoms with Gasteiger partial charge in [0.2, 0.25) is 5.88 Å². The molecular weight excluding hydrogens is 468 g/mol. The maximum atomic E-state index is 13.0. The van der Waals surface area contributed by atoms with Gasteiger partial charge in [-0.2, -0.15) is 4.98 Å². The molecule has 0 aliphatic rings. The summed E-state index contributed by atoms with van der Waals surface area (Å²) in [5.41, 5.74) is 2.84. The van der Waals surface area contributed by atoms with E-state index in [1.165, 1.54) is 22.7 Å². The van der Waals surface area contributed by atoms with Gasteiger partial charge in [0.15, 0.2) is 11.0 Å². The van der Waals surface area contributed by atoms with E-state index in [2.05, 4.69) is 20.3 Å². The highest BCUT2D eigenvalue weighted by Gasteiger charge is 2.22. The van der Waals surface area contributed by atoms with Crippen LogP contribution in [0.1, 0.15) is 37.1 Å². The number of ether oxygens (including phenoxy) is 2. The number of carbonyl (C=O) groups is 1. The maximum absolute atomic E-state index is 13.0. The molecule has 0 aliphatic carbocycles. The van der Waals surface area contributed by atoms with E-state index < -0.39 is 0 Å². The molecule has 0 fully saturated rings. The standard InChI is InChI=1S/C22H21ClN4O3S2/c1-11-6-5-7-13(17(11)23)8-14-9-24-22(31-14)27-19(28)18-12(2)16-20(30-4)25-15(10-29-3)26-21(16)32-18/h5-7,9H,8,10H2,1-4H3,(H,24,27,28). The molecule has 0 unspecified atom stereocenters. The molecule has 166 valence electrons. The van der Waals surface area contributed by atoms with Crippen LogP contribution in [0.2, 0.25) is 5.02 Å². The molecule has 1 aromatic carbocycles. The first kappa shape index (κ1) is 22.6. The first-order chi connectivity index (χ1) is 15.4. The van der Waals surface area contributed by atoms with Crippen LogP contribution < -0.4 is 10.1 Å². The molecule has 1 amide bonds. The molecule has 0 bridgehead atoms. The second-order valence-corrected chi connectivity index (χ2v) is 9.62. The van der Waals surface area contributed by atoms with Crippen LogP contribution in [-0.2, 0) is 17.8 Å². The van der Waals surface area contributed by atoms with Crippen LogP contribution in [0.15, 0.2) is 24.4 Å². The van der Waals surface area contributed by atoms with Crippen molar-refractivity contribution < 1.29 is 14.3 Å². The number of aromatic nitrogens is 3. The van der Waals surface area contributed by atoms with Gasteiger partial charge in [0.25, 0.3) is 5.91 Å². The van der Waals surface area contributed by atoms with Crippen LogP contribution in [0.4, 0.5) is 5.13 Å². The zero-order valence-electron chi connectivity index (χ0n) is 18.0. The number of aryl methyl sites for hydroxylation is 2. The predicted octanol–water partition coefficient (Wildman–Crippen LogP) is 5.42. The Morgan fingerprint density at radius 1 is 1.19 bits per heavy atom. The first-order valence-corrected chi connectivity index (χ1v) is 11.7. The van der Waals surface area contributed by atoms with Gasteiger partial charge in [-0.05, 0) is 30.5 Å². The van der Waals surface area contributed by atoms with Crippen molar-refractivity contribution in [3.8, 4) is 5.88 Å². The maximum Gasteiger partial charge on any atom is 0.267 e. The Bertz CT molecular complexity index is 1300. The van der Waals surface area contributed by atoms with Crippen molar-refractivity contribution in [3.63, 3.8) is 0 Å². The number of amides is 1. The summed E-state index contributed by atoms with van der Waals surface area (Å²) in [6.45, 7) is 4.11. The number of benzene rings is 1.